The van der Waals surface area contributed by atoms with Crippen LogP contribution in [0.3, 0.4) is 0 Å². The fourth-order valence-electron chi connectivity index (χ4n) is 3.86. The van der Waals surface area contributed by atoms with Gasteiger partial charge in [0.1, 0.15) is 0 Å². The molecule has 0 fully saturated rings. The lowest BCUT2D eigenvalue weighted by molar-refractivity contribution is 0.101. The molecule has 4 aromatic rings. The molecule has 0 aliphatic heterocycles. The van der Waals surface area contributed by atoms with Gasteiger partial charge in [-0.1, -0.05) is 66.7 Å². The minimum Gasteiger partial charge on any atom is -0.501 e. The highest BCUT2D eigenvalue weighted by molar-refractivity contribution is 6.04. The number of aromatic hydroxyl groups is 1. The summed E-state index contributed by atoms with van der Waals surface area (Å²) in [6, 6.07) is 21.9. The first-order valence-electron chi connectivity index (χ1n) is 10.7. The third kappa shape index (κ3) is 4.61. The molecule has 0 aliphatic rings. The number of anilines is 2. The molecular weight excluding hydrogens is 454 g/mol. The molecule has 1 amide bonds. The van der Waals surface area contributed by atoms with Gasteiger partial charge >= 0.3 is 0 Å². The van der Waals surface area contributed by atoms with Gasteiger partial charge in [-0.3, -0.25) is 14.2 Å². The van der Waals surface area contributed by atoms with Crippen molar-refractivity contribution in [2.45, 2.75) is 6.04 Å². The Bertz CT molecular complexity index is 1390. The predicted molar refractivity (Wildman–Crippen MR) is 129 cm³/mol. The standard InChI is InChI=1S/C26H22F2N4O3/c1-31(22(16-10-5-3-6-11-16)17-12-7-4-8-13-17)26-30-21(23(33)25(35)32(26)2)24(34)29-19-15-9-14-18(27)20(19)28/h3-15,22,33H,1-2H3,(H,29,34). The first-order chi connectivity index (χ1) is 16.8. The molecular formula is C26H22F2N4O3. The van der Waals surface area contributed by atoms with Crippen LogP contribution in [0.25, 0.3) is 0 Å². The fourth-order valence-corrected chi connectivity index (χ4v) is 3.86. The SMILES string of the molecule is CN(c1nc(C(=O)Nc2cccc(F)c2F)c(O)c(=O)n1C)C(c1ccccc1)c1ccccc1. The zero-order valence-electron chi connectivity index (χ0n) is 18.9. The van der Waals surface area contributed by atoms with Crippen LogP contribution >= 0.6 is 0 Å². The number of carbonyl (C=O) groups excluding carboxylic acids is 1. The molecule has 2 N–H and O–H groups in total. The van der Waals surface area contributed by atoms with Crippen LogP contribution in [0.4, 0.5) is 20.4 Å². The predicted octanol–water partition coefficient (Wildman–Crippen LogP) is 4.24. The molecule has 0 bridgehead atoms. The maximum atomic E-state index is 14.1. The van der Waals surface area contributed by atoms with Crippen molar-refractivity contribution in [2.24, 2.45) is 7.05 Å². The molecule has 1 heterocycles. The molecule has 178 valence electrons. The Labute approximate surface area is 199 Å². The van der Waals surface area contributed by atoms with Gasteiger partial charge in [-0.15, -0.1) is 0 Å². The van der Waals surface area contributed by atoms with Gasteiger partial charge in [0, 0.05) is 14.1 Å². The van der Waals surface area contributed by atoms with Crippen LogP contribution < -0.4 is 15.8 Å². The van der Waals surface area contributed by atoms with Crippen LogP contribution in [-0.2, 0) is 7.05 Å². The van der Waals surface area contributed by atoms with E-state index in [0.717, 1.165) is 27.8 Å². The number of hydrogen-bond donors (Lipinski definition) is 2. The smallest absolute Gasteiger partial charge is 0.297 e. The van der Waals surface area contributed by atoms with Gasteiger partial charge in [-0.05, 0) is 23.3 Å². The van der Waals surface area contributed by atoms with E-state index in [9.17, 15) is 23.5 Å². The Kier molecular flexibility index (Phi) is 6.59. The molecule has 35 heavy (non-hydrogen) atoms. The van der Waals surface area contributed by atoms with Crippen molar-refractivity contribution >= 4 is 17.5 Å². The van der Waals surface area contributed by atoms with E-state index in [0.29, 0.717) is 0 Å². The molecule has 9 heteroatoms. The Morgan fingerprint density at radius 2 is 1.54 bits per heavy atom. The molecule has 0 unspecified atom stereocenters. The Morgan fingerprint density at radius 3 is 2.11 bits per heavy atom. The lowest BCUT2D eigenvalue weighted by Gasteiger charge is -2.31. The second-order valence-electron chi connectivity index (χ2n) is 7.86. The monoisotopic (exact) mass is 476 g/mol. The topological polar surface area (TPSA) is 87.5 Å². The second-order valence-corrected chi connectivity index (χ2v) is 7.86. The normalized spacial score (nSPS) is 10.9. The van der Waals surface area contributed by atoms with E-state index < -0.39 is 46.3 Å². The van der Waals surface area contributed by atoms with Gasteiger partial charge in [0.25, 0.3) is 11.5 Å². The molecule has 0 saturated heterocycles. The van der Waals surface area contributed by atoms with Crippen LogP contribution in [0.2, 0.25) is 0 Å². The van der Waals surface area contributed by atoms with Gasteiger partial charge in [0.15, 0.2) is 17.3 Å². The summed E-state index contributed by atoms with van der Waals surface area (Å²) in [5, 5.41) is 12.6. The first-order valence-corrected chi connectivity index (χ1v) is 10.7. The zero-order chi connectivity index (χ0) is 25.1. The summed E-state index contributed by atoms with van der Waals surface area (Å²) in [7, 11) is 3.12. The van der Waals surface area contributed by atoms with Crippen molar-refractivity contribution in [1.82, 2.24) is 9.55 Å². The van der Waals surface area contributed by atoms with Crippen molar-refractivity contribution in [3.63, 3.8) is 0 Å². The highest BCUT2D eigenvalue weighted by Crippen LogP contribution is 2.31. The number of benzene rings is 3. The van der Waals surface area contributed by atoms with Gasteiger partial charge in [-0.25, -0.2) is 13.8 Å². The number of nitrogens with one attached hydrogen (secondary N) is 1. The minimum absolute atomic E-state index is 0.0790. The summed E-state index contributed by atoms with van der Waals surface area (Å²) >= 11 is 0. The quantitative estimate of drug-likeness (QED) is 0.435. The molecule has 0 aliphatic carbocycles. The summed E-state index contributed by atoms with van der Waals surface area (Å²) in [5.74, 6) is -4.31. The summed E-state index contributed by atoms with van der Waals surface area (Å²) in [6.45, 7) is 0. The number of nitrogens with zero attached hydrogens (tertiary/aromatic N) is 3. The number of aromatic nitrogens is 2. The molecule has 3 aromatic carbocycles. The summed E-state index contributed by atoms with van der Waals surface area (Å²) in [4.78, 5) is 31.6. The van der Waals surface area contributed by atoms with E-state index >= 15 is 0 Å². The fraction of sp³-hybridized carbons (Fsp3) is 0.115. The molecule has 0 spiro atoms. The van der Waals surface area contributed by atoms with E-state index in [4.69, 9.17) is 0 Å². The number of amides is 1. The maximum absolute atomic E-state index is 14.1. The molecule has 7 nitrogen and oxygen atoms in total. The molecule has 0 radical (unpaired) electrons. The van der Waals surface area contributed by atoms with Gasteiger partial charge in [0.2, 0.25) is 11.7 Å². The lowest BCUT2D eigenvalue weighted by Crippen LogP contribution is -2.34. The molecule has 4 rings (SSSR count). The van der Waals surface area contributed by atoms with Crippen molar-refractivity contribution in [2.75, 3.05) is 17.3 Å². The average Bonchev–Trinajstić information content (AvgIpc) is 2.87. The van der Waals surface area contributed by atoms with Crippen molar-refractivity contribution < 1.29 is 18.7 Å². The lowest BCUT2D eigenvalue weighted by atomic mass is 9.97. The van der Waals surface area contributed by atoms with Crippen LogP contribution in [-0.4, -0.2) is 27.6 Å². The molecule has 0 atom stereocenters. The van der Waals surface area contributed by atoms with E-state index in [1.165, 1.54) is 13.1 Å². The summed E-state index contributed by atoms with van der Waals surface area (Å²) in [6.07, 6.45) is 0. The Morgan fingerprint density at radius 1 is 0.971 bits per heavy atom. The number of halogens is 2. The largest absolute Gasteiger partial charge is 0.501 e. The van der Waals surface area contributed by atoms with Gasteiger partial charge in [0.05, 0.1) is 11.7 Å². The van der Waals surface area contributed by atoms with Crippen LogP contribution in [0.5, 0.6) is 5.75 Å². The summed E-state index contributed by atoms with van der Waals surface area (Å²) < 4.78 is 28.7. The third-order valence-corrected chi connectivity index (χ3v) is 5.59. The number of carbonyl (C=O) groups is 1. The first kappa shape index (κ1) is 23.6. The summed E-state index contributed by atoms with van der Waals surface area (Å²) in [5.41, 5.74) is -0.129. The maximum Gasteiger partial charge on any atom is 0.297 e. The van der Waals surface area contributed by atoms with E-state index in [-0.39, 0.29) is 5.95 Å². The third-order valence-electron chi connectivity index (χ3n) is 5.59. The van der Waals surface area contributed by atoms with Crippen molar-refractivity contribution in [1.29, 1.82) is 0 Å². The highest BCUT2D eigenvalue weighted by Gasteiger charge is 2.27. The van der Waals surface area contributed by atoms with Gasteiger partial charge in [-0.2, -0.15) is 0 Å². The zero-order valence-corrected chi connectivity index (χ0v) is 18.9. The van der Waals surface area contributed by atoms with Crippen molar-refractivity contribution in [3.05, 3.63) is 118 Å². The van der Waals surface area contributed by atoms with Crippen LogP contribution in [0.1, 0.15) is 27.7 Å². The van der Waals surface area contributed by atoms with Crippen LogP contribution in [0.15, 0.2) is 83.7 Å². The number of hydrogen-bond acceptors (Lipinski definition) is 5. The van der Waals surface area contributed by atoms with E-state index in [2.05, 4.69) is 10.3 Å². The second kappa shape index (κ2) is 9.76. The van der Waals surface area contributed by atoms with E-state index in [1.807, 2.05) is 60.7 Å². The minimum atomic E-state index is -1.27. The van der Waals surface area contributed by atoms with Gasteiger partial charge < -0.3 is 15.3 Å². The van der Waals surface area contributed by atoms with E-state index in [1.54, 1.807) is 11.9 Å². The Balaban J connectivity index is 1.80. The number of rotatable bonds is 6. The molecule has 1 aromatic heterocycles. The van der Waals surface area contributed by atoms with Crippen molar-refractivity contribution in [3.8, 4) is 5.75 Å². The average molecular weight is 476 g/mol. The Hall–Kier alpha value is -4.53. The molecule has 0 saturated carbocycles. The highest BCUT2D eigenvalue weighted by atomic mass is 19.2. The van der Waals surface area contributed by atoms with Crippen LogP contribution in [0, 0.1) is 11.6 Å².